The lowest BCUT2D eigenvalue weighted by Gasteiger charge is -2.21. The van der Waals surface area contributed by atoms with Crippen LogP contribution in [0, 0.1) is 0 Å². The standard InChI is InChI=1S/C12H23NO3/c1-3-9-13(10-4-2)11(14)7-5-6-8-12(15)16/h3-10H2,1-2H3,(H,15,16). The second-order valence-corrected chi connectivity index (χ2v) is 3.98. The number of nitrogens with zero attached hydrogens (tertiary/aromatic N) is 1. The van der Waals surface area contributed by atoms with Crippen molar-refractivity contribution < 1.29 is 14.7 Å². The summed E-state index contributed by atoms with van der Waals surface area (Å²) in [5.74, 6) is -0.625. The third kappa shape index (κ3) is 7.26. The second-order valence-electron chi connectivity index (χ2n) is 3.98. The van der Waals surface area contributed by atoms with Crippen LogP contribution < -0.4 is 0 Å². The van der Waals surface area contributed by atoms with Gasteiger partial charge in [0.15, 0.2) is 0 Å². The van der Waals surface area contributed by atoms with E-state index in [2.05, 4.69) is 13.8 Å². The summed E-state index contributed by atoms with van der Waals surface area (Å²) in [6, 6.07) is 0. The summed E-state index contributed by atoms with van der Waals surface area (Å²) in [6.07, 6.45) is 3.85. The molecule has 0 atom stereocenters. The second kappa shape index (κ2) is 9.19. The van der Waals surface area contributed by atoms with Crippen molar-refractivity contribution in [1.82, 2.24) is 4.90 Å². The minimum atomic E-state index is -0.786. The van der Waals surface area contributed by atoms with Gasteiger partial charge < -0.3 is 10.0 Å². The summed E-state index contributed by atoms with van der Waals surface area (Å²) in [6.45, 7) is 5.73. The molecule has 4 nitrogen and oxygen atoms in total. The molecule has 0 rings (SSSR count). The molecule has 0 aromatic rings. The molecule has 0 aliphatic rings. The quantitative estimate of drug-likeness (QED) is 0.617. The molecular weight excluding hydrogens is 206 g/mol. The molecule has 0 fully saturated rings. The van der Waals surface area contributed by atoms with E-state index in [1.165, 1.54) is 0 Å². The summed E-state index contributed by atoms with van der Waals surface area (Å²) >= 11 is 0. The van der Waals surface area contributed by atoms with Gasteiger partial charge in [0.2, 0.25) is 5.91 Å². The molecule has 1 N–H and O–H groups in total. The van der Waals surface area contributed by atoms with Gasteiger partial charge in [-0.3, -0.25) is 9.59 Å². The van der Waals surface area contributed by atoms with Gasteiger partial charge >= 0.3 is 5.97 Å². The van der Waals surface area contributed by atoms with Gasteiger partial charge in [0.05, 0.1) is 0 Å². The van der Waals surface area contributed by atoms with E-state index in [1.54, 1.807) is 0 Å². The van der Waals surface area contributed by atoms with Crippen molar-refractivity contribution >= 4 is 11.9 Å². The maximum absolute atomic E-state index is 11.7. The zero-order valence-corrected chi connectivity index (χ0v) is 10.4. The first kappa shape index (κ1) is 14.9. The van der Waals surface area contributed by atoms with E-state index in [9.17, 15) is 9.59 Å². The summed E-state index contributed by atoms with van der Waals surface area (Å²) in [5.41, 5.74) is 0. The third-order valence-electron chi connectivity index (χ3n) is 2.37. The van der Waals surface area contributed by atoms with Crippen LogP contribution >= 0.6 is 0 Å². The van der Waals surface area contributed by atoms with Crippen LogP contribution in [-0.2, 0) is 9.59 Å². The SMILES string of the molecule is CCCN(CCC)C(=O)CCCCC(=O)O. The summed E-state index contributed by atoms with van der Waals surface area (Å²) in [5, 5.41) is 8.46. The smallest absolute Gasteiger partial charge is 0.303 e. The van der Waals surface area contributed by atoms with Crippen molar-refractivity contribution in [2.45, 2.75) is 52.4 Å². The lowest BCUT2D eigenvalue weighted by Crippen LogP contribution is -2.32. The number of carboxylic acid groups (broad SMARTS) is 1. The van der Waals surface area contributed by atoms with Crippen LogP contribution in [-0.4, -0.2) is 35.0 Å². The highest BCUT2D eigenvalue weighted by molar-refractivity contribution is 5.76. The third-order valence-corrected chi connectivity index (χ3v) is 2.37. The predicted octanol–water partition coefficient (Wildman–Crippen LogP) is 2.28. The highest BCUT2D eigenvalue weighted by Crippen LogP contribution is 2.05. The van der Waals surface area contributed by atoms with Crippen molar-refractivity contribution in [3.63, 3.8) is 0 Å². The molecule has 4 heteroatoms. The Bertz CT molecular complexity index is 210. The Morgan fingerprint density at radius 3 is 1.94 bits per heavy atom. The molecular formula is C12H23NO3. The number of carbonyl (C=O) groups excluding carboxylic acids is 1. The van der Waals surface area contributed by atoms with Crippen LogP contribution in [0.3, 0.4) is 0 Å². The number of amides is 1. The van der Waals surface area contributed by atoms with Gasteiger partial charge in [0.25, 0.3) is 0 Å². The van der Waals surface area contributed by atoms with E-state index >= 15 is 0 Å². The average molecular weight is 229 g/mol. The van der Waals surface area contributed by atoms with Crippen molar-refractivity contribution in [3.8, 4) is 0 Å². The molecule has 0 aliphatic carbocycles. The van der Waals surface area contributed by atoms with Gasteiger partial charge in [-0.25, -0.2) is 0 Å². The number of carboxylic acids is 1. The van der Waals surface area contributed by atoms with Crippen LogP contribution in [0.25, 0.3) is 0 Å². The van der Waals surface area contributed by atoms with E-state index < -0.39 is 5.97 Å². The van der Waals surface area contributed by atoms with Crippen LogP contribution in [0.2, 0.25) is 0 Å². The van der Waals surface area contributed by atoms with Crippen molar-refractivity contribution in [2.75, 3.05) is 13.1 Å². The van der Waals surface area contributed by atoms with Gasteiger partial charge in [-0.2, -0.15) is 0 Å². The molecule has 0 aliphatic heterocycles. The molecule has 0 aromatic carbocycles. The average Bonchev–Trinajstić information content (AvgIpc) is 2.23. The van der Waals surface area contributed by atoms with Gasteiger partial charge in [-0.05, 0) is 25.7 Å². The van der Waals surface area contributed by atoms with Gasteiger partial charge in [0, 0.05) is 25.9 Å². The Labute approximate surface area is 97.6 Å². The van der Waals surface area contributed by atoms with Gasteiger partial charge in [0.1, 0.15) is 0 Å². The number of unbranched alkanes of at least 4 members (excludes halogenated alkanes) is 1. The maximum Gasteiger partial charge on any atom is 0.303 e. The molecule has 0 aromatic heterocycles. The minimum Gasteiger partial charge on any atom is -0.481 e. The van der Waals surface area contributed by atoms with E-state index in [0.29, 0.717) is 19.3 Å². The molecule has 0 radical (unpaired) electrons. The molecule has 1 amide bonds. The fraction of sp³-hybridized carbons (Fsp3) is 0.833. The largest absolute Gasteiger partial charge is 0.481 e. The molecule has 0 heterocycles. The maximum atomic E-state index is 11.7. The fourth-order valence-corrected chi connectivity index (χ4v) is 1.61. The van der Waals surface area contributed by atoms with Crippen molar-refractivity contribution in [2.24, 2.45) is 0 Å². The highest BCUT2D eigenvalue weighted by Gasteiger charge is 2.11. The molecule has 0 spiro atoms. The Balaban J connectivity index is 3.77. The molecule has 0 unspecified atom stereocenters. The Kier molecular flexibility index (Phi) is 8.58. The Morgan fingerprint density at radius 1 is 1.00 bits per heavy atom. The highest BCUT2D eigenvalue weighted by atomic mass is 16.4. The summed E-state index contributed by atoms with van der Waals surface area (Å²) in [7, 11) is 0. The zero-order chi connectivity index (χ0) is 12.4. The van der Waals surface area contributed by atoms with Crippen LogP contribution in [0.5, 0.6) is 0 Å². The lowest BCUT2D eigenvalue weighted by atomic mass is 10.1. The first-order chi connectivity index (χ1) is 7.61. The van der Waals surface area contributed by atoms with E-state index in [0.717, 1.165) is 25.9 Å². The Morgan fingerprint density at radius 2 is 1.50 bits per heavy atom. The molecule has 0 saturated carbocycles. The lowest BCUT2D eigenvalue weighted by molar-refractivity contribution is -0.137. The van der Waals surface area contributed by atoms with Crippen molar-refractivity contribution in [3.05, 3.63) is 0 Å². The summed E-state index contributed by atoms with van der Waals surface area (Å²) in [4.78, 5) is 23.9. The van der Waals surface area contributed by atoms with Crippen LogP contribution in [0.15, 0.2) is 0 Å². The molecule has 0 bridgehead atoms. The number of hydrogen-bond donors (Lipinski definition) is 1. The van der Waals surface area contributed by atoms with Gasteiger partial charge in [-0.15, -0.1) is 0 Å². The molecule has 0 saturated heterocycles. The first-order valence-corrected chi connectivity index (χ1v) is 6.11. The topological polar surface area (TPSA) is 57.6 Å². The van der Waals surface area contributed by atoms with E-state index in [-0.39, 0.29) is 12.3 Å². The monoisotopic (exact) mass is 229 g/mol. The van der Waals surface area contributed by atoms with Crippen LogP contribution in [0.1, 0.15) is 52.4 Å². The van der Waals surface area contributed by atoms with E-state index in [4.69, 9.17) is 5.11 Å². The minimum absolute atomic E-state index is 0.161. The number of hydrogen-bond acceptors (Lipinski definition) is 2. The normalized spacial score (nSPS) is 10.1. The zero-order valence-electron chi connectivity index (χ0n) is 10.4. The van der Waals surface area contributed by atoms with Crippen molar-refractivity contribution in [1.29, 1.82) is 0 Å². The van der Waals surface area contributed by atoms with Gasteiger partial charge in [-0.1, -0.05) is 13.8 Å². The Hall–Kier alpha value is -1.06. The fourth-order valence-electron chi connectivity index (χ4n) is 1.61. The van der Waals surface area contributed by atoms with Crippen LogP contribution in [0.4, 0.5) is 0 Å². The predicted molar refractivity (Wildman–Crippen MR) is 63.3 cm³/mol. The first-order valence-electron chi connectivity index (χ1n) is 6.11. The number of carbonyl (C=O) groups is 2. The molecule has 94 valence electrons. The molecule has 16 heavy (non-hydrogen) atoms. The summed E-state index contributed by atoms with van der Waals surface area (Å²) < 4.78 is 0. The van der Waals surface area contributed by atoms with E-state index in [1.807, 2.05) is 4.90 Å². The number of aliphatic carboxylic acids is 1. The number of rotatable bonds is 9.